The Morgan fingerprint density at radius 2 is 1.76 bits per heavy atom. The molecule has 0 radical (unpaired) electrons. The van der Waals surface area contributed by atoms with Crippen LogP contribution in [-0.2, 0) is 0 Å². The van der Waals surface area contributed by atoms with Crippen molar-refractivity contribution in [2.24, 2.45) is 0 Å². The van der Waals surface area contributed by atoms with Crippen molar-refractivity contribution in [2.75, 3.05) is 11.1 Å². The predicted molar refractivity (Wildman–Crippen MR) is 107 cm³/mol. The first kappa shape index (κ1) is 18.2. The summed E-state index contributed by atoms with van der Waals surface area (Å²) in [5.41, 5.74) is 7.60. The van der Waals surface area contributed by atoms with Gasteiger partial charge < -0.3 is 11.1 Å². The van der Waals surface area contributed by atoms with Crippen LogP contribution in [0.25, 0.3) is 5.69 Å². The number of nitrogens with one attached hydrogen (secondary N) is 2. The molecule has 0 aliphatic carbocycles. The number of rotatable bonds is 3. The molecule has 4 rings (SSSR count). The molecule has 29 heavy (non-hydrogen) atoms. The lowest BCUT2D eigenvalue weighted by Crippen LogP contribution is -2.24. The van der Waals surface area contributed by atoms with E-state index in [-0.39, 0.29) is 22.9 Å². The molecule has 0 saturated heterocycles. The normalized spacial score (nSPS) is 12.4. The van der Waals surface area contributed by atoms with Crippen molar-refractivity contribution >= 4 is 29.2 Å². The van der Waals surface area contributed by atoms with Crippen molar-refractivity contribution < 1.29 is 14.4 Å². The lowest BCUT2D eigenvalue weighted by molar-refractivity contribution is 0.0879. The fraction of sp³-hybridized carbons (Fsp3) is 0.0476. The van der Waals surface area contributed by atoms with Crippen LogP contribution in [-0.4, -0.2) is 22.3 Å². The molecule has 8 nitrogen and oxygen atoms in total. The Kier molecular flexibility index (Phi) is 4.23. The SMILES string of the molecule is Cc1cccc(NC(=O)c2cccc(-n3c(N)c4c(cc3=O)C(=O)NC4=O)c2)c1. The summed E-state index contributed by atoms with van der Waals surface area (Å²) >= 11 is 0. The summed E-state index contributed by atoms with van der Waals surface area (Å²) in [5.74, 6) is -1.85. The average molecular weight is 388 g/mol. The van der Waals surface area contributed by atoms with Gasteiger partial charge in [-0.3, -0.25) is 29.1 Å². The number of hydrogen-bond donors (Lipinski definition) is 3. The van der Waals surface area contributed by atoms with E-state index in [0.29, 0.717) is 16.9 Å². The largest absolute Gasteiger partial charge is 0.384 e. The van der Waals surface area contributed by atoms with E-state index in [1.165, 1.54) is 6.07 Å². The highest BCUT2D eigenvalue weighted by Gasteiger charge is 2.31. The summed E-state index contributed by atoms with van der Waals surface area (Å²) in [7, 11) is 0. The van der Waals surface area contributed by atoms with Crippen LogP contribution in [0.1, 0.15) is 36.6 Å². The van der Waals surface area contributed by atoms with E-state index < -0.39 is 17.4 Å². The van der Waals surface area contributed by atoms with E-state index >= 15 is 0 Å². The van der Waals surface area contributed by atoms with Crippen molar-refractivity contribution in [1.29, 1.82) is 0 Å². The van der Waals surface area contributed by atoms with Crippen molar-refractivity contribution in [1.82, 2.24) is 9.88 Å². The molecule has 3 amide bonds. The number of aryl methyl sites for hydroxylation is 1. The van der Waals surface area contributed by atoms with Crippen LogP contribution < -0.4 is 21.9 Å². The molecular formula is C21H16N4O4. The molecule has 1 aromatic heterocycles. The van der Waals surface area contributed by atoms with Crippen LogP contribution >= 0.6 is 0 Å². The zero-order valence-corrected chi connectivity index (χ0v) is 15.4. The van der Waals surface area contributed by atoms with Gasteiger partial charge in [0, 0.05) is 17.3 Å². The molecule has 0 atom stereocenters. The number of amides is 3. The quantitative estimate of drug-likeness (QED) is 0.591. The Labute approximate surface area is 165 Å². The molecule has 8 heteroatoms. The third-order valence-electron chi connectivity index (χ3n) is 4.60. The first-order valence-electron chi connectivity index (χ1n) is 8.75. The summed E-state index contributed by atoms with van der Waals surface area (Å²) in [6.07, 6.45) is 0. The number of carbonyl (C=O) groups excluding carboxylic acids is 3. The van der Waals surface area contributed by atoms with Gasteiger partial charge in [-0.1, -0.05) is 18.2 Å². The molecule has 1 aliphatic rings. The zero-order valence-electron chi connectivity index (χ0n) is 15.4. The van der Waals surface area contributed by atoms with E-state index in [2.05, 4.69) is 10.6 Å². The van der Waals surface area contributed by atoms with Crippen molar-refractivity contribution in [3.63, 3.8) is 0 Å². The number of imide groups is 1. The number of carbonyl (C=O) groups is 3. The highest BCUT2D eigenvalue weighted by atomic mass is 16.2. The molecule has 0 fully saturated rings. The third kappa shape index (κ3) is 3.16. The van der Waals surface area contributed by atoms with Gasteiger partial charge in [-0.05, 0) is 42.8 Å². The van der Waals surface area contributed by atoms with Gasteiger partial charge in [-0.15, -0.1) is 0 Å². The van der Waals surface area contributed by atoms with Crippen molar-refractivity contribution in [2.45, 2.75) is 6.92 Å². The number of benzene rings is 2. The van der Waals surface area contributed by atoms with Crippen molar-refractivity contribution in [3.05, 3.63) is 87.2 Å². The number of anilines is 2. The highest BCUT2D eigenvalue weighted by molar-refractivity contribution is 6.23. The molecule has 0 spiro atoms. The van der Waals surface area contributed by atoms with E-state index in [4.69, 9.17) is 5.73 Å². The van der Waals surface area contributed by atoms with Crippen molar-refractivity contribution in [3.8, 4) is 5.69 Å². The fourth-order valence-corrected chi connectivity index (χ4v) is 3.26. The van der Waals surface area contributed by atoms with Crippen LogP contribution in [0.15, 0.2) is 59.4 Å². The Balaban J connectivity index is 1.74. The van der Waals surface area contributed by atoms with Crippen LogP contribution in [0.3, 0.4) is 0 Å². The summed E-state index contributed by atoms with van der Waals surface area (Å²) in [4.78, 5) is 49.0. The number of pyridine rings is 1. The highest BCUT2D eigenvalue weighted by Crippen LogP contribution is 2.23. The maximum Gasteiger partial charge on any atom is 0.262 e. The van der Waals surface area contributed by atoms with E-state index in [9.17, 15) is 19.2 Å². The second-order valence-electron chi connectivity index (χ2n) is 6.65. The minimum absolute atomic E-state index is 0.0517. The molecule has 2 heterocycles. The van der Waals surface area contributed by atoms with Gasteiger partial charge >= 0.3 is 0 Å². The monoisotopic (exact) mass is 388 g/mol. The zero-order chi connectivity index (χ0) is 20.7. The van der Waals surface area contributed by atoms with Crippen LogP contribution in [0, 0.1) is 6.92 Å². The number of nitrogens with two attached hydrogens (primary N) is 1. The maximum absolute atomic E-state index is 12.6. The fourth-order valence-electron chi connectivity index (χ4n) is 3.26. The van der Waals surface area contributed by atoms with Crippen LogP contribution in [0.5, 0.6) is 0 Å². The Morgan fingerprint density at radius 3 is 2.52 bits per heavy atom. The summed E-state index contributed by atoms with van der Waals surface area (Å²) in [6.45, 7) is 1.92. The second kappa shape index (κ2) is 6.75. The second-order valence-corrected chi connectivity index (χ2v) is 6.65. The van der Waals surface area contributed by atoms with Gasteiger partial charge in [0.25, 0.3) is 23.3 Å². The van der Waals surface area contributed by atoms with E-state index in [0.717, 1.165) is 16.2 Å². The Hall–Kier alpha value is -4.20. The predicted octanol–water partition coefficient (Wildman–Crippen LogP) is 1.86. The molecule has 0 unspecified atom stereocenters. The summed E-state index contributed by atoms with van der Waals surface area (Å²) in [6, 6.07) is 14.7. The molecule has 4 N–H and O–H groups in total. The summed E-state index contributed by atoms with van der Waals surface area (Å²) < 4.78 is 1.10. The number of nitrogens with zero attached hydrogens (tertiary/aromatic N) is 1. The van der Waals surface area contributed by atoms with Gasteiger partial charge in [0.15, 0.2) is 0 Å². The average Bonchev–Trinajstić information content (AvgIpc) is 2.95. The molecular weight excluding hydrogens is 372 g/mol. The third-order valence-corrected chi connectivity index (χ3v) is 4.60. The first-order chi connectivity index (χ1) is 13.8. The molecule has 0 saturated carbocycles. The maximum atomic E-state index is 12.6. The number of aromatic nitrogens is 1. The molecule has 144 valence electrons. The Bertz CT molecular complexity index is 1260. The van der Waals surface area contributed by atoms with Gasteiger partial charge in [0.2, 0.25) is 0 Å². The lowest BCUT2D eigenvalue weighted by Gasteiger charge is -2.13. The van der Waals surface area contributed by atoms with E-state index in [1.807, 2.05) is 25.1 Å². The number of fused-ring (bicyclic) bond motifs is 1. The van der Waals surface area contributed by atoms with Crippen LogP contribution in [0.2, 0.25) is 0 Å². The van der Waals surface area contributed by atoms with E-state index in [1.54, 1.807) is 24.3 Å². The van der Waals surface area contributed by atoms with Gasteiger partial charge in [0.1, 0.15) is 5.82 Å². The lowest BCUT2D eigenvalue weighted by atomic mass is 10.1. The van der Waals surface area contributed by atoms with Crippen LogP contribution in [0.4, 0.5) is 11.5 Å². The first-order valence-corrected chi connectivity index (χ1v) is 8.75. The molecule has 0 bridgehead atoms. The summed E-state index contributed by atoms with van der Waals surface area (Å²) in [5, 5.41) is 4.91. The molecule has 1 aliphatic heterocycles. The minimum Gasteiger partial charge on any atom is -0.384 e. The smallest absolute Gasteiger partial charge is 0.262 e. The molecule has 3 aromatic rings. The Morgan fingerprint density at radius 1 is 1.00 bits per heavy atom. The standard InChI is InChI=1S/C21H16N4O4/c1-11-4-2-6-13(8-11)23-19(27)12-5-3-7-14(9-12)25-16(26)10-15-17(18(25)22)21(29)24-20(15)28/h2-10H,22H2,1H3,(H,23,27)(H,24,28,29). The van der Waals surface area contributed by atoms with Gasteiger partial charge in [0.05, 0.1) is 16.8 Å². The molecule has 2 aromatic carbocycles. The minimum atomic E-state index is -0.662. The van der Waals surface area contributed by atoms with Gasteiger partial charge in [-0.2, -0.15) is 0 Å². The number of hydrogen-bond acceptors (Lipinski definition) is 5. The number of nitrogen functional groups attached to an aromatic ring is 1. The van der Waals surface area contributed by atoms with Gasteiger partial charge in [-0.25, -0.2) is 0 Å². The topological polar surface area (TPSA) is 123 Å².